The number of halogens is 2. The highest BCUT2D eigenvalue weighted by Gasteiger charge is 2.14. The van der Waals surface area contributed by atoms with Crippen LogP contribution in [0.5, 0.6) is 0 Å². The average Bonchev–Trinajstić information content (AvgIpc) is 2.28. The standard InChI is InChI=1S/C10H6BrClN4O2/c11-6-1-2-8(16(17)18)7(5-6)14-9-3-4-13-10(12)15-9/h1-5H,(H,13,14,15). The number of rotatable bonds is 3. The molecule has 8 heteroatoms. The Morgan fingerprint density at radius 1 is 1.39 bits per heavy atom. The summed E-state index contributed by atoms with van der Waals surface area (Å²) < 4.78 is 0.718. The van der Waals surface area contributed by atoms with Crippen molar-refractivity contribution in [3.8, 4) is 0 Å². The molecule has 92 valence electrons. The maximum Gasteiger partial charge on any atom is 0.292 e. The summed E-state index contributed by atoms with van der Waals surface area (Å²) in [7, 11) is 0. The molecule has 0 aliphatic rings. The fourth-order valence-electron chi connectivity index (χ4n) is 1.31. The molecule has 0 aliphatic heterocycles. The van der Waals surface area contributed by atoms with Crippen LogP contribution in [0.1, 0.15) is 0 Å². The molecule has 0 unspecified atom stereocenters. The van der Waals surface area contributed by atoms with E-state index in [4.69, 9.17) is 11.6 Å². The predicted octanol–water partition coefficient (Wildman–Crippen LogP) is 3.54. The molecule has 1 aromatic carbocycles. The van der Waals surface area contributed by atoms with Gasteiger partial charge in [-0.25, -0.2) is 9.97 Å². The van der Waals surface area contributed by atoms with Gasteiger partial charge in [0.15, 0.2) is 0 Å². The average molecular weight is 330 g/mol. The van der Waals surface area contributed by atoms with Crippen molar-refractivity contribution in [2.24, 2.45) is 0 Å². The molecule has 0 saturated heterocycles. The maximum atomic E-state index is 10.9. The summed E-state index contributed by atoms with van der Waals surface area (Å²) >= 11 is 8.89. The Labute approximate surface area is 115 Å². The number of anilines is 2. The van der Waals surface area contributed by atoms with Crippen molar-refractivity contribution in [2.75, 3.05) is 5.32 Å². The monoisotopic (exact) mass is 328 g/mol. The lowest BCUT2D eigenvalue weighted by atomic mass is 10.2. The van der Waals surface area contributed by atoms with Crippen molar-refractivity contribution >= 4 is 44.7 Å². The van der Waals surface area contributed by atoms with E-state index in [2.05, 4.69) is 31.2 Å². The van der Waals surface area contributed by atoms with E-state index in [1.807, 2.05) is 0 Å². The van der Waals surface area contributed by atoms with E-state index < -0.39 is 4.92 Å². The zero-order valence-electron chi connectivity index (χ0n) is 8.80. The van der Waals surface area contributed by atoms with Crippen LogP contribution in [0.3, 0.4) is 0 Å². The molecule has 1 aromatic heterocycles. The number of hydrogen-bond donors (Lipinski definition) is 1. The van der Waals surface area contributed by atoms with Crippen LogP contribution in [-0.2, 0) is 0 Å². The molecule has 0 fully saturated rings. The summed E-state index contributed by atoms with van der Waals surface area (Å²) in [5, 5.41) is 13.8. The fraction of sp³-hybridized carbons (Fsp3) is 0. The molecule has 0 spiro atoms. The van der Waals surface area contributed by atoms with Gasteiger partial charge in [-0.2, -0.15) is 0 Å². The third-order valence-corrected chi connectivity index (χ3v) is 2.72. The van der Waals surface area contributed by atoms with Crippen molar-refractivity contribution in [2.45, 2.75) is 0 Å². The van der Waals surface area contributed by atoms with E-state index in [1.54, 1.807) is 18.2 Å². The number of nitro benzene ring substituents is 1. The van der Waals surface area contributed by atoms with Gasteiger partial charge in [0.1, 0.15) is 11.5 Å². The van der Waals surface area contributed by atoms with Crippen LogP contribution >= 0.6 is 27.5 Å². The predicted molar refractivity (Wildman–Crippen MR) is 71.1 cm³/mol. The Morgan fingerprint density at radius 2 is 2.17 bits per heavy atom. The van der Waals surface area contributed by atoms with Gasteiger partial charge in [0.05, 0.1) is 4.92 Å². The first kappa shape index (κ1) is 12.7. The Bertz CT molecular complexity index is 608. The largest absolute Gasteiger partial charge is 0.334 e. The van der Waals surface area contributed by atoms with Crippen LogP contribution in [0.2, 0.25) is 5.28 Å². The third-order valence-electron chi connectivity index (χ3n) is 2.04. The van der Waals surface area contributed by atoms with Crippen LogP contribution < -0.4 is 5.32 Å². The van der Waals surface area contributed by atoms with Crippen molar-refractivity contribution in [3.63, 3.8) is 0 Å². The molecule has 2 aromatic rings. The minimum atomic E-state index is -0.475. The molecule has 0 atom stereocenters. The summed E-state index contributed by atoms with van der Waals surface area (Å²) in [5.41, 5.74) is 0.275. The second-order valence-electron chi connectivity index (χ2n) is 3.25. The highest BCUT2D eigenvalue weighted by Crippen LogP contribution is 2.30. The molecule has 0 saturated carbocycles. The van der Waals surface area contributed by atoms with Gasteiger partial charge in [-0.05, 0) is 29.8 Å². The molecule has 2 rings (SSSR count). The quantitative estimate of drug-likeness (QED) is 0.529. The molecule has 0 radical (unpaired) electrons. The SMILES string of the molecule is O=[N+]([O-])c1ccc(Br)cc1Nc1ccnc(Cl)n1. The molecule has 1 N–H and O–H groups in total. The van der Waals surface area contributed by atoms with Crippen molar-refractivity contribution in [3.05, 3.63) is 50.3 Å². The van der Waals surface area contributed by atoms with E-state index in [9.17, 15) is 10.1 Å². The molecule has 6 nitrogen and oxygen atoms in total. The van der Waals surface area contributed by atoms with Gasteiger partial charge in [-0.1, -0.05) is 15.9 Å². The molecule has 0 amide bonds. The normalized spacial score (nSPS) is 10.1. The van der Waals surface area contributed by atoms with Crippen LogP contribution in [0.25, 0.3) is 0 Å². The fourth-order valence-corrected chi connectivity index (χ4v) is 1.82. The third kappa shape index (κ3) is 2.93. The maximum absolute atomic E-state index is 10.9. The smallest absolute Gasteiger partial charge is 0.292 e. The second kappa shape index (κ2) is 5.28. The minimum absolute atomic E-state index is 0.0482. The number of nitro groups is 1. The summed E-state index contributed by atoms with van der Waals surface area (Å²) in [6, 6.07) is 6.15. The number of benzene rings is 1. The summed E-state index contributed by atoms with van der Waals surface area (Å²) in [6.07, 6.45) is 1.46. The molecule has 0 aliphatic carbocycles. The Morgan fingerprint density at radius 3 is 2.83 bits per heavy atom. The van der Waals surface area contributed by atoms with Gasteiger partial charge >= 0.3 is 0 Å². The molecular weight excluding hydrogens is 323 g/mol. The second-order valence-corrected chi connectivity index (χ2v) is 4.51. The topological polar surface area (TPSA) is 81.0 Å². The minimum Gasteiger partial charge on any atom is -0.334 e. The zero-order valence-corrected chi connectivity index (χ0v) is 11.1. The Balaban J connectivity index is 2.39. The Hall–Kier alpha value is -1.73. The van der Waals surface area contributed by atoms with E-state index in [1.165, 1.54) is 12.3 Å². The van der Waals surface area contributed by atoms with Crippen molar-refractivity contribution < 1.29 is 4.92 Å². The number of nitrogens with one attached hydrogen (secondary N) is 1. The molecule has 1 heterocycles. The molecule has 0 bridgehead atoms. The van der Waals surface area contributed by atoms with Gasteiger partial charge in [-0.15, -0.1) is 0 Å². The number of aromatic nitrogens is 2. The lowest BCUT2D eigenvalue weighted by molar-refractivity contribution is -0.383. The lowest BCUT2D eigenvalue weighted by Crippen LogP contribution is -1.99. The highest BCUT2D eigenvalue weighted by molar-refractivity contribution is 9.10. The van der Waals surface area contributed by atoms with E-state index in [0.29, 0.717) is 11.5 Å². The lowest BCUT2D eigenvalue weighted by Gasteiger charge is -2.06. The van der Waals surface area contributed by atoms with Crippen LogP contribution in [-0.4, -0.2) is 14.9 Å². The van der Waals surface area contributed by atoms with Gasteiger partial charge < -0.3 is 5.32 Å². The molecule has 18 heavy (non-hydrogen) atoms. The zero-order chi connectivity index (χ0) is 13.1. The van der Waals surface area contributed by atoms with E-state index in [0.717, 1.165) is 4.47 Å². The summed E-state index contributed by atoms with van der Waals surface area (Å²) in [6.45, 7) is 0. The first-order valence-corrected chi connectivity index (χ1v) is 5.93. The van der Waals surface area contributed by atoms with Crippen LogP contribution in [0, 0.1) is 10.1 Å². The van der Waals surface area contributed by atoms with Gasteiger partial charge in [-0.3, -0.25) is 10.1 Å². The van der Waals surface area contributed by atoms with Gasteiger partial charge in [0.2, 0.25) is 5.28 Å². The van der Waals surface area contributed by atoms with Crippen molar-refractivity contribution in [1.29, 1.82) is 0 Å². The number of hydrogen-bond acceptors (Lipinski definition) is 5. The van der Waals surface area contributed by atoms with Crippen LogP contribution in [0.15, 0.2) is 34.9 Å². The van der Waals surface area contributed by atoms with E-state index >= 15 is 0 Å². The van der Waals surface area contributed by atoms with Crippen molar-refractivity contribution in [1.82, 2.24) is 9.97 Å². The first-order chi connectivity index (χ1) is 8.56. The molecular formula is C10H6BrClN4O2. The van der Waals surface area contributed by atoms with Gasteiger partial charge in [0, 0.05) is 16.7 Å². The Kier molecular flexibility index (Phi) is 3.73. The van der Waals surface area contributed by atoms with Crippen LogP contribution in [0.4, 0.5) is 17.2 Å². The van der Waals surface area contributed by atoms with E-state index in [-0.39, 0.29) is 11.0 Å². The number of nitrogens with zero attached hydrogens (tertiary/aromatic N) is 3. The first-order valence-electron chi connectivity index (χ1n) is 4.76. The summed E-state index contributed by atoms with van der Waals surface area (Å²) in [5.74, 6) is 0.385. The van der Waals surface area contributed by atoms with Gasteiger partial charge in [0.25, 0.3) is 5.69 Å². The highest BCUT2D eigenvalue weighted by atomic mass is 79.9. The summed E-state index contributed by atoms with van der Waals surface area (Å²) in [4.78, 5) is 18.0.